The van der Waals surface area contributed by atoms with E-state index in [0.717, 1.165) is 105 Å². The molecule has 10 heteroatoms. The van der Waals surface area contributed by atoms with Crippen LogP contribution in [0.2, 0.25) is 0 Å². The Morgan fingerprint density at radius 3 is 1.38 bits per heavy atom. The van der Waals surface area contributed by atoms with E-state index < -0.39 is 0 Å². The molecule has 0 atom stereocenters. The molecule has 0 amide bonds. The zero-order valence-corrected chi connectivity index (χ0v) is 34.3. The molecule has 284 valence electrons. The van der Waals surface area contributed by atoms with E-state index >= 15 is 0 Å². The number of para-hydroxylation sites is 2. The first kappa shape index (κ1) is 36.5. The van der Waals surface area contributed by atoms with Crippen molar-refractivity contribution in [3.63, 3.8) is 0 Å². The molecule has 0 aliphatic rings. The molecule has 11 aromatic rings. The summed E-state index contributed by atoms with van der Waals surface area (Å²) in [4.78, 5) is 15.7. The summed E-state index contributed by atoms with van der Waals surface area (Å²) in [5.41, 5.74) is 15.4. The molecule has 0 aliphatic carbocycles. The van der Waals surface area contributed by atoms with Gasteiger partial charge in [-0.25, -0.2) is 4.98 Å². The minimum Gasteiger partial charge on any atom is -0.509 e. The van der Waals surface area contributed by atoms with E-state index in [0.29, 0.717) is 23.3 Å². The van der Waals surface area contributed by atoms with Gasteiger partial charge in [0.15, 0.2) is 11.6 Å². The van der Waals surface area contributed by atoms with Gasteiger partial charge < -0.3 is 9.67 Å². The zero-order valence-electron chi connectivity index (χ0n) is 34.3. The number of rotatable bonds is 6. The number of nitrogens with zero attached hydrogens (tertiary/aromatic N) is 5. The van der Waals surface area contributed by atoms with E-state index in [9.17, 15) is 5.11 Å². The number of fused-ring (bicyclic) bond motifs is 7. The zero-order chi connectivity index (χ0) is 41.4. The Morgan fingerprint density at radius 2 is 0.836 bits per heavy atom. The molecule has 0 saturated carbocycles. The molecule has 1 N–H and O–H groups in total. The van der Waals surface area contributed by atoms with Gasteiger partial charge in [0.2, 0.25) is 5.95 Å². The average Bonchev–Trinajstić information content (AvgIpc) is 3.84. The number of hydrogen-bond donors (Lipinski definition) is 1. The van der Waals surface area contributed by atoms with Crippen molar-refractivity contribution in [2.45, 2.75) is 0 Å². The summed E-state index contributed by atoms with van der Waals surface area (Å²) in [7, 11) is 8.29. The summed E-state index contributed by atoms with van der Waals surface area (Å²) in [6.45, 7) is 0. The predicted molar refractivity (Wildman–Crippen MR) is 265 cm³/mol. The number of aromatic hydroxyl groups is 1. The van der Waals surface area contributed by atoms with Crippen molar-refractivity contribution >= 4 is 96.8 Å². The van der Waals surface area contributed by atoms with Crippen molar-refractivity contribution in [1.82, 2.24) is 24.1 Å². The van der Waals surface area contributed by atoms with Crippen molar-refractivity contribution in [2.75, 3.05) is 0 Å². The van der Waals surface area contributed by atoms with Crippen LogP contribution in [-0.2, 0) is 0 Å². The molecule has 0 radical (unpaired) electrons. The number of phenolic OH excluding ortho intramolecular Hbond substituents is 1. The Hall–Kier alpha value is -7.57. The fourth-order valence-electron chi connectivity index (χ4n) is 9.40. The van der Waals surface area contributed by atoms with Crippen LogP contribution < -0.4 is 21.9 Å². The summed E-state index contributed by atoms with van der Waals surface area (Å²) in [5.74, 6) is 2.11. The molecule has 0 saturated heterocycles. The van der Waals surface area contributed by atoms with Crippen LogP contribution in [0, 0.1) is 0 Å². The van der Waals surface area contributed by atoms with Crippen molar-refractivity contribution in [3.8, 4) is 62.4 Å². The molecular formula is C51H37B4N5O. The standard InChI is InChI=1S/C51H37B4N5O/c52-42-41(43(53)45(55)48(61)44(42)54)36-23-14-26-39(40(36)29-15-4-1-5-16-29)59-37-24-12-10-21-32(37)34-27-28-35-33-22-11-13-25-38(33)60(47(35)46(34)59)51-57-49(30-17-6-2-7-18-30)56-50(58-51)31-19-8-3-9-20-31/h1-28,61H,52-55H2. The summed E-state index contributed by atoms with van der Waals surface area (Å²) in [5, 5.41) is 15.7. The molecule has 0 spiro atoms. The van der Waals surface area contributed by atoms with Crippen LogP contribution in [0.5, 0.6) is 5.75 Å². The largest absolute Gasteiger partial charge is 0.509 e. The Labute approximate surface area is 356 Å². The molecule has 8 aromatic carbocycles. The maximum Gasteiger partial charge on any atom is 0.238 e. The van der Waals surface area contributed by atoms with E-state index in [4.69, 9.17) is 15.0 Å². The summed E-state index contributed by atoms with van der Waals surface area (Å²) >= 11 is 0. The van der Waals surface area contributed by atoms with E-state index in [-0.39, 0.29) is 0 Å². The fourth-order valence-corrected chi connectivity index (χ4v) is 9.40. The molecule has 0 unspecified atom stereocenters. The smallest absolute Gasteiger partial charge is 0.238 e. The number of aromatic nitrogens is 5. The summed E-state index contributed by atoms with van der Waals surface area (Å²) in [6.07, 6.45) is 0. The lowest BCUT2D eigenvalue weighted by Gasteiger charge is -2.24. The van der Waals surface area contributed by atoms with Crippen LogP contribution >= 0.6 is 0 Å². The van der Waals surface area contributed by atoms with Crippen LogP contribution in [0.25, 0.3) is 100 Å². The molecule has 0 aliphatic heterocycles. The Bertz CT molecular complexity index is 3450. The highest BCUT2D eigenvalue weighted by atomic mass is 16.3. The molecule has 6 nitrogen and oxygen atoms in total. The molecule has 3 aromatic heterocycles. The SMILES string of the molecule is Bc1c(B)c(-c2cccc(-n3c4ccccc4c4ccc5c6ccccc6n(-c6nc(-c7ccccc7)nc(-c7ccccc7)n6)c5c43)c2-c2ccccc2)c(B)c(B)c1O. The third-order valence-corrected chi connectivity index (χ3v) is 12.6. The van der Waals surface area contributed by atoms with Crippen molar-refractivity contribution in [1.29, 1.82) is 0 Å². The van der Waals surface area contributed by atoms with Crippen LogP contribution in [0.15, 0.2) is 170 Å². The monoisotopic (exact) mass is 779 g/mol. The molecule has 0 fully saturated rings. The van der Waals surface area contributed by atoms with Gasteiger partial charge in [0.05, 0.1) is 27.8 Å². The Morgan fingerprint density at radius 1 is 0.377 bits per heavy atom. The molecule has 0 bridgehead atoms. The lowest BCUT2D eigenvalue weighted by atomic mass is 9.65. The Balaban J connectivity index is 1.32. The maximum absolute atomic E-state index is 11.2. The van der Waals surface area contributed by atoms with Gasteiger partial charge >= 0.3 is 0 Å². The minimum absolute atomic E-state index is 0.359. The summed E-state index contributed by atoms with van der Waals surface area (Å²) < 4.78 is 4.70. The summed E-state index contributed by atoms with van der Waals surface area (Å²) in [6, 6.07) is 59.5. The Kier molecular flexibility index (Phi) is 8.57. The highest BCUT2D eigenvalue weighted by molar-refractivity contribution is 6.61. The van der Waals surface area contributed by atoms with E-state index in [2.05, 4.69) is 158 Å². The molecule has 11 rings (SSSR count). The van der Waals surface area contributed by atoms with Crippen molar-refractivity contribution in [2.24, 2.45) is 0 Å². The second-order valence-corrected chi connectivity index (χ2v) is 15.9. The topological polar surface area (TPSA) is 68.8 Å². The van der Waals surface area contributed by atoms with Crippen LogP contribution in [0.1, 0.15) is 0 Å². The average molecular weight is 779 g/mol. The van der Waals surface area contributed by atoms with Crippen LogP contribution in [0.4, 0.5) is 0 Å². The first-order chi connectivity index (χ1) is 29.9. The highest BCUT2D eigenvalue weighted by Gasteiger charge is 2.26. The normalized spacial score (nSPS) is 11.6. The van der Waals surface area contributed by atoms with Gasteiger partial charge in [-0.2, -0.15) is 9.97 Å². The molecular weight excluding hydrogens is 742 g/mol. The second-order valence-electron chi connectivity index (χ2n) is 15.9. The van der Waals surface area contributed by atoms with E-state index in [1.54, 1.807) is 0 Å². The first-order valence-electron chi connectivity index (χ1n) is 20.7. The second kappa shape index (κ2) is 14.3. The van der Waals surface area contributed by atoms with Gasteiger partial charge in [0.1, 0.15) is 37.1 Å². The van der Waals surface area contributed by atoms with Gasteiger partial charge in [0, 0.05) is 38.2 Å². The third-order valence-electron chi connectivity index (χ3n) is 12.6. The van der Waals surface area contributed by atoms with E-state index in [1.165, 1.54) is 0 Å². The van der Waals surface area contributed by atoms with Gasteiger partial charge in [0.25, 0.3) is 0 Å². The van der Waals surface area contributed by atoms with Gasteiger partial charge in [-0.15, -0.1) is 0 Å². The predicted octanol–water partition coefficient (Wildman–Crippen LogP) is 5.47. The van der Waals surface area contributed by atoms with Crippen molar-refractivity contribution in [3.05, 3.63) is 170 Å². The fraction of sp³-hybridized carbons (Fsp3) is 0. The lowest BCUT2D eigenvalue weighted by Crippen LogP contribution is -2.42. The van der Waals surface area contributed by atoms with Gasteiger partial charge in [-0.05, 0) is 34.9 Å². The number of phenols is 1. The van der Waals surface area contributed by atoms with Crippen LogP contribution in [0.3, 0.4) is 0 Å². The van der Waals surface area contributed by atoms with Gasteiger partial charge in [-0.1, -0.05) is 174 Å². The molecule has 3 heterocycles. The van der Waals surface area contributed by atoms with E-state index in [1.807, 2.05) is 52.1 Å². The van der Waals surface area contributed by atoms with Crippen LogP contribution in [-0.4, -0.2) is 60.6 Å². The first-order valence-corrected chi connectivity index (χ1v) is 20.7. The third kappa shape index (κ3) is 5.66. The van der Waals surface area contributed by atoms with Crippen molar-refractivity contribution < 1.29 is 5.11 Å². The minimum atomic E-state index is 0.359. The van der Waals surface area contributed by atoms with Gasteiger partial charge in [-0.3, -0.25) is 4.57 Å². The quantitative estimate of drug-likeness (QED) is 0.228. The lowest BCUT2D eigenvalue weighted by molar-refractivity contribution is 0.484. The number of benzene rings is 8. The molecule has 61 heavy (non-hydrogen) atoms. The number of hydrogen-bond acceptors (Lipinski definition) is 4. The highest BCUT2D eigenvalue weighted by Crippen LogP contribution is 2.44. The maximum atomic E-state index is 11.2.